The summed E-state index contributed by atoms with van der Waals surface area (Å²) in [6, 6.07) is 12.0. The third-order valence-corrected chi connectivity index (χ3v) is 6.40. The van der Waals surface area contributed by atoms with Crippen LogP contribution >= 0.6 is 11.6 Å². The van der Waals surface area contributed by atoms with Gasteiger partial charge in [0.15, 0.2) is 0 Å². The summed E-state index contributed by atoms with van der Waals surface area (Å²) in [5.41, 5.74) is 0.607. The maximum absolute atomic E-state index is 12.5. The Hall–Kier alpha value is -2.75. The summed E-state index contributed by atoms with van der Waals surface area (Å²) >= 11 is 5.75. The van der Waals surface area contributed by atoms with Crippen LogP contribution in [0, 0.1) is 0 Å². The third kappa shape index (κ3) is 4.31. The molecule has 0 aliphatic carbocycles. The van der Waals surface area contributed by atoms with Gasteiger partial charge in [-0.1, -0.05) is 23.7 Å². The van der Waals surface area contributed by atoms with E-state index in [1.54, 1.807) is 24.3 Å². The van der Waals surface area contributed by atoms with Gasteiger partial charge in [0.2, 0.25) is 10.0 Å². The molecule has 10 heteroatoms. The third-order valence-electron chi connectivity index (χ3n) is 4.33. The van der Waals surface area contributed by atoms with Gasteiger partial charge in [-0.25, -0.2) is 8.42 Å². The number of amides is 2. The molecule has 8 nitrogen and oxygen atoms in total. The Morgan fingerprint density at radius 3 is 2.14 bits per heavy atom. The lowest BCUT2D eigenvalue weighted by atomic mass is 10.1. The molecule has 3 rings (SSSR count). The largest absolute Gasteiger partial charge is 0.463 e. The van der Waals surface area contributed by atoms with Crippen LogP contribution in [0.15, 0.2) is 53.4 Å². The number of rotatable bonds is 7. The highest BCUT2D eigenvalue weighted by atomic mass is 35.5. The number of carbonyl (C=O) groups is 3. The summed E-state index contributed by atoms with van der Waals surface area (Å²) in [6.07, 6.45) is 0. The van der Waals surface area contributed by atoms with E-state index in [1.165, 1.54) is 31.3 Å². The van der Waals surface area contributed by atoms with Crippen LogP contribution in [0.4, 0.5) is 0 Å². The predicted molar refractivity (Wildman–Crippen MR) is 104 cm³/mol. The first-order valence-corrected chi connectivity index (χ1v) is 10.4. The van der Waals surface area contributed by atoms with E-state index in [1.807, 2.05) is 0 Å². The van der Waals surface area contributed by atoms with Crippen molar-refractivity contribution in [2.45, 2.75) is 4.90 Å². The number of sulfonamides is 1. The van der Waals surface area contributed by atoms with E-state index in [2.05, 4.69) is 0 Å². The number of hydrogen-bond acceptors (Lipinski definition) is 6. The Kier molecular flexibility index (Phi) is 6.02. The van der Waals surface area contributed by atoms with Crippen molar-refractivity contribution in [1.82, 2.24) is 9.21 Å². The summed E-state index contributed by atoms with van der Waals surface area (Å²) in [6.45, 7) is -0.877. The minimum atomic E-state index is -3.89. The lowest BCUT2D eigenvalue weighted by Gasteiger charge is -2.17. The Bertz CT molecular complexity index is 1030. The van der Waals surface area contributed by atoms with E-state index < -0.39 is 34.4 Å². The predicted octanol–water partition coefficient (Wildman–Crippen LogP) is 1.80. The highest BCUT2D eigenvalue weighted by molar-refractivity contribution is 7.89. The fourth-order valence-electron chi connectivity index (χ4n) is 2.79. The molecule has 0 saturated carbocycles. The maximum Gasteiger partial charge on any atom is 0.321 e. The van der Waals surface area contributed by atoms with Crippen molar-refractivity contribution in [3.63, 3.8) is 0 Å². The summed E-state index contributed by atoms with van der Waals surface area (Å²) in [4.78, 5) is 37.5. The highest BCUT2D eigenvalue weighted by Gasteiger charge is 2.35. The number of hydrogen-bond donors (Lipinski definition) is 0. The molecule has 2 amide bonds. The quantitative estimate of drug-likeness (QED) is 0.484. The van der Waals surface area contributed by atoms with Crippen LogP contribution in [0.25, 0.3) is 0 Å². The molecule has 152 valence electrons. The maximum atomic E-state index is 12.5. The number of esters is 1. The summed E-state index contributed by atoms with van der Waals surface area (Å²) in [5.74, 6) is -1.71. The molecule has 1 aliphatic rings. The zero-order chi connectivity index (χ0) is 21.2. The molecule has 2 aromatic carbocycles. The van der Waals surface area contributed by atoms with E-state index in [4.69, 9.17) is 16.3 Å². The second kappa shape index (κ2) is 8.32. The van der Waals surface area contributed by atoms with E-state index in [0.717, 1.165) is 9.21 Å². The van der Waals surface area contributed by atoms with Crippen LogP contribution in [0.5, 0.6) is 0 Å². The summed E-state index contributed by atoms with van der Waals surface area (Å²) in [7, 11) is -2.64. The second-order valence-corrected chi connectivity index (χ2v) is 8.72. The van der Waals surface area contributed by atoms with Crippen molar-refractivity contribution in [3.8, 4) is 0 Å². The van der Waals surface area contributed by atoms with Crippen molar-refractivity contribution in [2.24, 2.45) is 0 Å². The van der Waals surface area contributed by atoms with Gasteiger partial charge in [-0.05, 0) is 36.4 Å². The Labute approximate surface area is 172 Å². The number of imide groups is 1. The highest BCUT2D eigenvalue weighted by Crippen LogP contribution is 2.22. The topological polar surface area (TPSA) is 101 Å². The molecule has 0 bridgehead atoms. The first-order chi connectivity index (χ1) is 13.7. The van der Waals surface area contributed by atoms with Crippen molar-refractivity contribution in [2.75, 3.05) is 26.7 Å². The summed E-state index contributed by atoms with van der Waals surface area (Å²) in [5, 5.41) is 0.388. The van der Waals surface area contributed by atoms with Crippen molar-refractivity contribution < 1.29 is 27.5 Å². The lowest BCUT2D eigenvalue weighted by Crippen LogP contribution is -2.36. The number of halogens is 1. The average Bonchev–Trinajstić information content (AvgIpc) is 2.93. The van der Waals surface area contributed by atoms with Gasteiger partial charge in [0.05, 0.1) is 22.6 Å². The lowest BCUT2D eigenvalue weighted by molar-refractivity contribution is -0.143. The standard InChI is InChI=1S/C19H17ClN2O6S/c1-21(29(26,27)14-8-6-13(20)7-9-14)12-17(23)28-11-10-22-18(24)15-4-2-3-5-16(15)19(22)25/h2-9H,10-12H2,1H3. The van der Waals surface area contributed by atoms with E-state index in [-0.39, 0.29) is 18.0 Å². The number of fused-ring (bicyclic) bond motifs is 1. The van der Waals surface area contributed by atoms with E-state index >= 15 is 0 Å². The molecular formula is C19H17ClN2O6S. The number of benzene rings is 2. The Balaban J connectivity index is 1.53. The molecular weight excluding hydrogens is 420 g/mol. The number of carbonyl (C=O) groups excluding carboxylic acids is 3. The van der Waals surface area contributed by atoms with Crippen molar-refractivity contribution in [3.05, 3.63) is 64.7 Å². The fourth-order valence-corrected chi connectivity index (χ4v) is 4.03. The zero-order valence-corrected chi connectivity index (χ0v) is 16.9. The molecule has 1 aliphatic heterocycles. The van der Waals surface area contributed by atoms with E-state index in [9.17, 15) is 22.8 Å². The summed E-state index contributed by atoms with van der Waals surface area (Å²) < 4.78 is 30.8. The molecule has 0 atom stereocenters. The monoisotopic (exact) mass is 436 g/mol. The molecule has 0 saturated heterocycles. The van der Waals surface area contributed by atoms with Gasteiger partial charge in [0.1, 0.15) is 13.2 Å². The van der Waals surface area contributed by atoms with Gasteiger partial charge in [0.25, 0.3) is 11.8 Å². The molecule has 0 unspecified atom stereocenters. The van der Waals surface area contributed by atoms with Crippen molar-refractivity contribution >= 4 is 39.4 Å². The zero-order valence-electron chi connectivity index (χ0n) is 15.4. The minimum absolute atomic E-state index is 0.0109. The van der Waals surface area contributed by atoms with Crippen LogP contribution in [-0.2, 0) is 19.6 Å². The van der Waals surface area contributed by atoms with E-state index in [0.29, 0.717) is 16.1 Å². The molecule has 0 fully saturated rings. The van der Waals surface area contributed by atoms with Gasteiger partial charge in [0, 0.05) is 12.1 Å². The average molecular weight is 437 g/mol. The Morgan fingerprint density at radius 2 is 1.59 bits per heavy atom. The van der Waals surface area contributed by atoms with Crippen LogP contribution in [0.1, 0.15) is 20.7 Å². The van der Waals surface area contributed by atoms with Crippen LogP contribution in [-0.4, -0.2) is 62.2 Å². The molecule has 0 aromatic heterocycles. The second-order valence-electron chi connectivity index (χ2n) is 6.24. The number of nitrogens with zero attached hydrogens (tertiary/aromatic N) is 2. The molecule has 29 heavy (non-hydrogen) atoms. The molecule has 0 radical (unpaired) electrons. The normalized spacial score (nSPS) is 13.7. The minimum Gasteiger partial charge on any atom is -0.463 e. The smallest absolute Gasteiger partial charge is 0.321 e. The van der Waals surface area contributed by atoms with Gasteiger partial charge >= 0.3 is 5.97 Å². The number of likely N-dealkylation sites (N-methyl/N-ethyl adjacent to an activating group) is 1. The molecule has 0 N–H and O–H groups in total. The van der Waals surface area contributed by atoms with Crippen molar-refractivity contribution in [1.29, 1.82) is 0 Å². The fraction of sp³-hybridized carbons (Fsp3) is 0.211. The van der Waals surface area contributed by atoms with Gasteiger partial charge < -0.3 is 4.74 Å². The first-order valence-electron chi connectivity index (χ1n) is 8.54. The molecule has 1 heterocycles. The molecule has 2 aromatic rings. The van der Waals surface area contributed by atoms with Gasteiger partial charge in [-0.15, -0.1) is 0 Å². The first kappa shape index (κ1) is 21.0. The van der Waals surface area contributed by atoms with Crippen LogP contribution in [0.3, 0.4) is 0 Å². The van der Waals surface area contributed by atoms with Crippen LogP contribution in [0.2, 0.25) is 5.02 Å². The Morgan fingerprint density at radius 1 is 1.03 bits per heavy atom. The SMILES string of the molecule is CN(CC(=O)OCCN1C(=O)c2ccccc2C1=O)S(=O)(=O)c1ccc(Cl)cc1. The van der Waals surface area contributed by atoms with Gasteiger partial charge in [-0.3, -0.25) is 19.3 Å². The van der Waals surface area contributed by atoms with Crippen LogP contribution < -0.4 is 0 Å². The molecule has 0 spiro atoms. The van der Waals surface area contributed by atoms with Gasteiger partial charge in [-0.2, -0.15) is 4.31 Å². The number of ether oxygens (including phenoxy) is 1.